The highest BCUT2D eigenvalue weighted by atomic mass is 16.5. The lowest BCUT2D eigenvalue weighted by molar-refractivity contribution is 0.0175. The molecule has 1 aliphatic rings. The van der Waals surface area contributed by atoms with Gasteiger partial charge < -0.3 is 14.4 Å². The highest BCUT2D eigenvalue weighted by molar-refractivity contribution is 5.76. The molecular formula is C16H23N3O2. The Morgan fingerprint density at radius 3 is 2.81 bits per heavy atom. The summed E-state index contributed by atoms with van der Waals surface area (Å²) >= 11 is 0. The highest BCUT2D eigenvalue weighted by Crippen LogP contribution is 2.25. The molecule has 5 nitrogen and oxygen atoms in total. The Morgan fingerprint density at radius 2 is 2.05 bits per heavy atom. The monoisotopic (exact) mass is 289 g/mol. The molecule has 0 bridgehead atoms. The van der Waals surface area contributed by atoms with E-state index in [0.29, 0.717) is 0 Å². The van der Waals surface area contributed by atoms with Gasteiger partial charge in [0.15, 0.2) is 0 Å². The van der Waals surface area contributed by atoms with Gasteiger partial charge in [0.1, 0.15) is 5.82 Å². The van der Waals surface area contributed by atoms with E-state index in [9.17, 15) is 0 Å². The molecule has 3 rings (SSSR count). The number of para-hydroxylation sites is 2. The van der Waals surface area contributed by atoms with Gasteiger partial charge in [-0.25, -0.2) is 4.98 Å². The van der Waals surface area contributed by atoms with Crippen molar-refractivity contribution < 1.29 is 9.84 Å². The minimum Gasteiger partial charge on any atom is -0.396 e. The highest BCUT2D eigenvalue weighted by Gasteiger charge is 2.23. The standard InChI is InChI=1S/C16H23N3O2/c1-13(18-8-11-21-12-9-18)16-17-14-5-2-3-6-15(14)19(16)7-4-10-20/h2-3,5-6,13,20H,4,7-12H2,1H3. The van der Waals surface area contributed by atoms with Gasteiger partial charge in [-0.15, -0.1) is 0 Å². The smallest absolute Gasteiger partial charge is 0.127 e. The first-order valence-corrected chi connectivity index (χ1v) is 7.69. The van der Waals surface area contributed by atoms with Gasteiger partial charge in [-0.2, -0.15) is 0 Å². The van der Waals surface area contributed by atoms with Crippen LogP contribution in [0.25, 0.3) is 11.0 Å². The van der Waals surface area contributed by atoms with Crippen LogP contribution in [0, 0.1) is 0 Å². The van der Waals surface area contributed by atoms with Gasteiger partial charge in [0, 0.05) is 26.2 Å². The molecule has 0 saturated carbocycles. The van der Waals surface area contributed by atoms with E-state index in [4.69, 9.17) is 14.8 Å². The Morgan fingerprint density at radius 1 is 1.29 bits per heavy atom. The number of hydrogen-bond acceptors (Lipinski definition) is 4. The van der Waals surface area contributed by atoms with Crippen LogP contribution in [0.3, 0.4) is 0 Å². The number of aromatic nitrogens is 2. The Balaban J connectivity index is 1.95. The number of aliphatic hydroxyl groups is 1. The Labute approximate surface area is 125 Å². The van der Waals surface area contributed by atoms with Gasteiger partial charge in [0.05, 0.1) is 30.3 Å². The van der Waals surface area contributed by atoms with E-state index >= 15 is 0 Å². The average molecular weight is 289 g/mol. The maximum atomic E-state index is 9.15. The molecule has 1 aromatic carbocycles. The topological polar surface area (TPSA) is 50.5 Å². The Bertz CT molecular complexity index is 590. The first-order valence-electron chi connectivity index (χ1n) is 7.69. The van der Waals surface area contributed by atoms with Gasteiger partial charge >= 0.3 is 0 Å². The second-order valence-corrected chi connectivity index (χ2v) is 5.51. The zero-order valence-electron chi connectivity index (χ0n) is 12.5. The molecule has 0 radical (unpaired) electrons. The lowest BCUT2D eigenvalue weighted by atomic mass is 10.2. The van der Waals surface area contributed by atoms with E-state index in [2.05, 4.69) is 28.5 Å². The van der Waals surface area contributed by atoms with Crippen molar-refractivity contribution in [3.8, 4) is 0 Å². The summed E-state index contributed by atoms with van der Waals surface area (Å²) in [5.74, 6) is 1.09. The van der Waals surface area contributed by atoms with Gasteiger partial charge in [-0.3, -0.25) is 4.90 Å². The molecular weight excluding hydrogens is 266 g/mol. The fourth-order valence-electron chi connectivity index (χ4n) is 3.00. The van der Waals surface area contributed by atoms with Crippen molar-refractivity contribution in [2.45, 2.75) is 25.9 Å². The van der Waals surface area contributed by atoms with E-state index in [-0.39, 0.29) is 12.6 Å². The summed E-state index contributed by atoms with van der Waals surface area (Å²) < 4.78 is 7.69. The van der Waals surface area contributed by atoms with Crippen LogP contribution >= 0.6 is 0 Å². The van der Waals surface area contributed by atoms with Crippen molar-refractivity contribution in [2.75, 3.05) is 32.9 Å². The van der Waals surface area contributed by atoms with Crippen LogP contribution in [0.15, 0.2) is 24.3 Å². The van der Waals surface area contributed by atoms with E-state index in [1.165, 1.54) is 0 Å². The molecule has 0 spiro atoms. The molecule has 1 fully saturated rings. The van der Waals surface area contributed by atoms with E-state index in [1.54, 1.807) is 0 Å². The molecule has 0 aliphatic carbocycles. The lowest BCUT2D eigenvalue weighted by Crippen LogP contribution is -2.39. The van der Waals surface area contributed by atoms with Crippen molar-refractivity contribution in [2.24, 2.45) is 0 Å². The number of fused-ring (bicyclic) bond motifs is 1. The molecule has 1 saturated heterocycles. The number of rotatable bonds is 5. The predicted molar refractivity (Wildman–Crippen MR) is 82.2 cm³/mol. The number of imidazole rings is 1. The second-order valence-electron chi connectivity index (χ2n) is 5.51. The second kappa shape index (κ2) is 6.56. The van der Waals surface area contributed by atoms with Crippen LogP contribution in [0.1, 0.15) is 25.2 Å². The molecule has 1 atom stereocenters. The van der Waals surface area contributed by atoms with Gasteiger partial charge in [0.25, 0.3) is 0 Å². The van der Waals surface area contributed by atoms with Gasteiger partial charge in [-0.1, -0.05) is 12.1 Å². The Kier molecular flexibility index (Phi) is 4.53. The fourth-order valence-corrected chi connectivity index (χ4v) is 3.00. The maximum absolute atomic E-state index is 9.15. The van der Waals surface area contributed by atoms with Crippen LogP contribution in [0.4, 0.5) is 0 Å². The minimum absolute atomic E-state index is 0.206. The van der Waals surface area contributed by atoms with Crippen LogP contribution in [0.5, 0.6) is 0 Å². The van der Waals surface area contributed by atoms with E-state index in [0.717, 1.165) is 56.1 Å². The summed E-state index contributed by atoms with van der Waals surface area (Å²) in [4.78, 5) is 7.26. The van der Waals surface area contributed by atoms with Crippen molar-refractivity contribution >= 4 is 11.0 Å². The molecule has 1 aromatic heterocycles. The van der Waals surface area contributed by atoms with Gasteiger partial charge in [0.2, 0.25) is 0 Å². The average Bonchev–Trinajstić information content (AvgIpc) is 2.91. The van der Waals surface area contributed by atoms with E-state index in [1.807, 2.05) is 12.1 Å². The molecule has 1 N–H and O–H groups in total. The van der Waals surface area contributed by atoms with Crippen LogP contribution in [-0.4, -0.2) is 52.5 Å². The molecule has 5 heteroatoms. The quantitative estimate of drug-likeness (QED) is 0.912. The van der Waals surface area contributed by atoms with Crippen molar-refractivity contribution in [1.82, 2.24) is 14.5 Å². The number of nitrogens with zero attached hydrogens (tertiary/aromatic N) is 3. The number of morpholine rings is 1. The third-order valence-corrected chi connectivity index (χ3v) is 4.19. The number of hydrogen-bond donors (Lipinski definition) is 1. The molecule has 1 unspecified atom stereocenters. The SMILES string of the molecule is CC(c1nc2ccccc2n1CCCO)N1CCOCC1. The molecule has 21 heavy (non-hydrogen) atoms. The van der Waals surface area contributed by atoms with Crippen molar-refractivity contribution in [3.05, 3.63) is 30.1 Å². The van der Waals surface area contributed by atoms with E-state index < -0.39 is 0 Å². The summed E-state index contributed by atoms with van der Waals surface area (Å²) in [6.07, 6.45) is 0.753. The summed E-state index contributed by atoms with van der Waals surface area (Å²) in [5.41, 5.74) is 2.19. The van der Waals surface area contributed by atoms with Crippen LogP contribution in [-0.2, 0) is 11.3 Å². The number of aliphatic hydroxyl groups excluding tert-OH is 1. The van der Waals surface area contributed by atoms with Crippen LogP contribution < -0.4 is 0 Å². The largest absolute Gasteiger partial charge is 0.396 e. The zero-order valence-corrected chi connectivity index (χ0v) is 12.5. The molecule has 1 aliphatic heterocycles. The number of benzene rings is 1. The van der Waals surface area contributed by atoms with Crippen molar-refractivity contribution in [3.63, 3.8) is 0 Å². The fraction of sp³-hybridized carbons (Fsp3) is 0.562. The molecule has 114 valence electrons. The zero-order chi connectivity index (χ0) is 14.7. The molecule has 2 aromatic rings. The van der Waals surface area contributed by atoms with Gasteiger partial charge in [-0.05, 0) is 25.5 Å². The summed E-state index contributed by atoms with van der Waals surface area (Å²) in [5, 5.41) is 9.15. The number of ether oxygens (including phenoxy) is 1. The third-order valence-electron chi connectivity index (χ3n) is 4.19. The maximum Gasteiger partial charge on any atom is 0.127 e. The summed E-state index contributed by atoms with van der Waals surface area (Å²) in [6, 6.07) is 8.49. The molecule has 0 amide bonds. The molecule has 2 heterocycles. The summed E-state index contributed by atoms with van der Waals surface area (Å²) in [6.45, 7) is 6.71. The normalized spacial score (nSPS) is 18.2. The van der Waals surface area contributed by atoms with Crippen LogP contribution in [0.2, 0.25) is 0 Å². The minimum atomic E-state index is 0.206. The first kappa shape index (κ1) is 14.5. The number of aryl methyl sites for hydroxylation is 1. The summed E-state index contributed by atoms with van der Waals surface area (Å²) in [7, 11) is 0. The Hall–Kier alpha value is -1.43. The third kappa shape index (κ3) is 2.95. The van der Waals surface area contributed by atoms with Crippen molar-refractivity contribution in [1.29, 1.82) is 0 Å². The lowest BCUT2D eigenvalue weighted by Gasteiger charge is -2.32. The predicted octanol–water partition coefficient (Wildman–Crippen LogP) is 1.81. The first-order chi connectivity index (χ1) is 10.3.